The minimum absolute atomic E-state index is 0.0226. The van der Waals surface area contributed by atoms with Crippen molar-refractivity contribution < 1.29 is 14.4 Å². The molecule has 2 saturated heterocycles. The van der Waals surface area contributed by atoms with Crippen molar-refractivity contribution in [2.75, 3.05) is 19.6 Å². The summed E-state index contributed by atoms with van der Waals surface area (Å²) in [5.74, 6) is -0.732. The number of carbonyl (C=O) groups excluding carboxylic acids is 3. The first-order chi connectivity index (χ1) is 16.0. The van der Waals surface area contributed by atoms with E-state index in [1.54, 1.807) is 4.90 Å². The molecular weight excluding hydrogens is 418 g/mol. The zero-order valence-electron chi connectivity index (χ0n) is 18.7. The predicted molar refractivity (Wildman–Crippen MR) is 121 cm³/mol. The summed E-state index contributed by atoms with van der Waals surface area (Å²) in [6.45, 7) is 5.19. The summed E-state index contributed by atoms with van der Waals surface area (Å²) in [5, 5.41) is 5.88. The molecule has 8 heteroatoms. The van der Waals surface area contributed by atoms with Crippen molar-refractivity contribution in [2.45, 2.75) is 56.9 Å². The maximum absolute atomic E-state index is 13.2. The van der Waals surface area contributed by atoms with Crippen molar-refractivity contribution in [1.82, 2.24) is 25.0 Å². The van der Waals surface area contributed by atoms with E-state index in [2.05, 4.69) is 44.5 Å². The smallest absolute Gasteiger partial charge is 0.255 e. The second-order valence-electron chi connectivity index (χ2n) is 9.68. The molecule has 3 amide bonds. The molecule has 0 aliphatic carbocycles. The van der Waals surface area contributed by atoms with Crippen molar-refractivity contribution >= 4 is 17.7 Å². The fraction of sp³-hybridized carbons (Fsp3) is 0.480. The first-order valence-corrected chi connectivity index (χ1v) is 11.9. The summed E-state index contributed by atoms with van der Waals surface area (Å²) >= 11 is 0. The van der Waals surface area contributed by atoms with Gasteiger partial charge in [0.1, 0.15) is 6.04 Å². The van der Waals surface area contributed by atoms with Gasteiger partial charge >= 0.3 is 0 Å². The van der Waals surface area contributed by atoms with Gasteiger partial charge in [-0.2, -0.15) is 0 Å². The van der Waals surface area contributed by atoms with Gasteiger partial charge in [-0.3, -0.25) is 24.6 Å². The zero-order chi connectivity index (χ0) is 22.6. The highest BCUT2D eigenvalue weighted by Gasteiger charge is 2.44. The van der Waals surface area contributed by atoms with E-state index in [4.69, 9.17) is 0 Å². The third-order valence-electron chi connectivity index (χ3n) is 7.92. The lowest BCUT2D eigenvalue weighted by molar-refractivity contribution is -0.136. The fourth-order valence-corrected chi connectivity index (χ4v) is 6.20. The molecule has 172 valence electrons. The minimum Gasteiger partial charge on any atom is -0.348 e. The molecule has 33 heavy (non-hydrogen) atoms. The second-order valence-corrected chi connectivity index (χ2v) is 9.68. The van der Waals surface area contributed by atoms with Crippen LogP contribution in [0.1, 0.15) is 52.9 Å². The van der Waals surface area contributed by atoms with Gasteiger partial charge in [-0.05, 0) is 61.7 Å². The van der Waals surface area contributed by atoms with Crippen molar-refractivity contribution in [3.63, 3.8) is 0 Å². The molecule has 0 radical (unpaired) electrons. The molecule has 1 aromatic heterocycles. The van der Waals surface area contributed by atoms with Crippen molar-refractivity contribution in [2.24, 2.45) is 0 Å². The lowest BCUT2D eigenvalue weighted by Crippen LogP contribution is -2.56. The molecule has 4 aliphatic rings. The Morgan fingerprint density at radius 1 is 1.06 bits per heavy atom. The number of nitrogens with one attached hydrogen (secondary N) is 2. The SMILES string of the molecule is O=C1CCC(N2Cc3ccc(CN4CCn5cccc5C45CCNCC5)cc3C2=O)C(=O)N1. The predicted octanol–water partition coefficient (Wildman–Crippen LogP) is 1.34. The fourth-order valence-electron chi connectivity index (χ4n) is 6.20. The van der Waals surface area contributed by atoms with E-state index in [0.29, 0.717) is 18.5 Å². The lowest BCUT2D eigenvalue weighted by Gasteiger charge is -2.50. The van der Waals surface area contributed by atoms with Crippen LogP contribution in [0.25, 0.3) is 0 Å². The quantitative estimate of drug-likeness (QED) is 0.694. The van der Waals surface area contributed by atoms with Crippen LogP contribution in [0.3, 0.4) is 0 Å². The van der Waals surface area contributed by atoms with Crippen LogP contribution in [0, 0.1) is 0 Å². The maximum Gasteiger partial charge on any atom is 0.255 e. The summed E-state index contributed by atoms with van der Waals surface area (Å²) in [4.78, 5) is 41.3. The van der Waals surface area contributed by atoms with E-state index in [9.17, 15) is 14.4 Å². The first-order valence-electron chi connectivity index (χ1n) is 11.9. The number of piperidine rings is 2. The number of benzene rings is 1. The highest BCUT2D eigenvalue weighted by Crippen LogP contribution is 2.41. The molecule has 8 nitrogen and oxygen atoms in total. The number of aromatic nitrogens is 1. The van der Waals surface area contributed by atoms with Gasteiger partial charge in [0, 0.05) is 50.1 Å². The molecule has 2 N–H and O–H groups in total. The van der Waals surface area contributed by atoms with E-state index < -0.39 is 6.04 Å². The molecule has 2 fully saturated rings. The number of amides is 3. The Balaban J connectivity index is 1.25. The summed E-state index contributed by atoms with van der Waals surface area (Å²) in [7, 11) is 0. The molecule has 2 aromatic rings. The maximum atomic E-state index is 13.2. The number of imide groups is 1. The minimum atomic E-state index is -0.570. The Morgan fingerprint density at radius 3 is 2.73 bits per heavy atom. The second kappa shape index (κ2) is 7.81. The van der Waals surface area contributed by atoms with Crippen LogP contribution in [0.15, 0.2) is 36.5 Å². The van der Waals surface area contributed by atoms with E-state index >= 15 is 0 Å². The monoisotopic (exact) mass is 447 g/mol. The van der Waals surface area contributed by atoms with Crippen LogP contribution in [0.4, 0.5) is 0 Å². The number of fused-ring (bicyclic) bond motifs is 3. The van der Waals surface area contributed by atoms with Crippen LogP contribution in [0.5, 0.6) is 0 Å². The van der Waals surface area contributed by atoms with Crippen LogP contribution in [-0.4, -0.2) is 57.8 Å². The molecule has 5 heterocycles. The Kier molecular flexibility index (Phi) is 4.88. The summed E-state index contributed by atoms with van der Waals surface area (Å²) in [5.41, 5.74) is 4.20. The molecular formula is C25H29N5O3. The van der Waals surface area contributed by atoms with Gasteiger partial charge in [0.15, 0.2) is 0 Å². The average Bonchev–Trinajstić information content (AvgIpc) is 3.42. The molecule has 1 aromatic carbocycles. The average molecular weight is 448 g/mol. The third-order valence-corrected chi connectivity index (χ3v) is 7.92. The van der Waals surface area contributed by atoms with Crippen LogP contribution < -0.4 is 10.6 Å². The first kappa shape index (κ1) is 20.6. The number of rotatable bonds is 3. The standard InChI is InChI=1S/C25H29N5O3/c31-22-6-5-20(23(32)27-22)30-16-18-4-3-17(14-19(18)24(30)33)15-29-13-12-28-11-1-2-21(28)25(29)7-9-26-10-8-25/h1-4,11,14,20,26H,5-10,12-13,15-16H2,(H,27,31,32). The van der Waals surface area contributed by atoms with Gasteiger partial charge < -0.3 is 14.8 Å². The lowest BCUT2D eigenvalue weighted by atomic mass is 9.81. The Bertz CT molecular complexity index is 1130. The van der Waals surface area contributed by atoms with Gasteiger partial charge in [-0.25, -0.2) is 0 Å². The number of hydrogen-bond donors (Lipinski definition) is 2. The normalized spacial score (nSPS) is 24.7. The van der Waals surface area contributed by atoms with Gasteiger partial charge in [-0.1, -0.05) is 12.1 Å². The molecule has 4 aliphatic heterocycles. The van der Waals surface area contributed by atoms with Crippen molar-refractivity contribution in [3.8, 4) is 0 Å². The third kappa shape index (κ3) is 3.31. The Labute approximate surface area is 192 Å². The van der Waals surface area contributed by atoms with Gasteiger partial charge in [0.05, 0.1) is 5.54 Å². The van der Waals surface area contributed by atoms with Crippen LogP contribution in [0.2, 0.25) is 0 Å². The van der Waals surface area contributed by atoms with Gasteiger partial charge in [-0.15, -0.1) is 0 Å². The van der Waals surface area contributed by atoms with Crippen LogP contribution >= 0.6 is 0 Å². The van der Waals surface area contributed by atoms with Crippen molar-refractivity contribution in [1.29, 1.82) is 0 Å². The molecule has 1 spiro atoms. The molecule has 6 rings (SSSR count). The van der Waals surface area contributed by atoms with E-state index in [1.165, 1.54) is 5.69 Å². The number of hydrogen-bond acceptors (Lipinski definition) is 5. The van der Waals surface area contributed by atoms with E-state index in [-0.39, 0.29) is 29.7 Å². The summed E-state index contributed by atoms with van der Waals surface area (Å²) < 4.78 is 2.39. The van der Waals surface area contributed by atoms with Crippen molar-refractivity contribution in [3.05, 3.63) is 58.9 Å². The molecule has 0 bridgehead atoms. The number of nitrogens with zero attached hydrogens (tertiary/aromatic N) is 3. The molecule has 1 unspecified atom stereocenters. The zero-order valence-corrected chi connectivity index (χ0v) is 18.7. The van der Waals surface area contributed by atoms with Gasteiger partial charge in [0.25, 0.3) is 5.91 Å². The Hall–Kier alpha value is -2.97. The van der Waals surface area contributed by atoms with E-state index in [0.717, 1.165) is 56.7 Å². The topological polar surface area (TPSA) is 86.7 Å². The van der Waals surface area contributed by atoms with Gasteiger partial charge in [0.2, 0.25) is 11.8 Å². The molecule has 1 atom stereocenters. The largest absolute Gasteiger partial charge is 0.348 e. The van der Waals surface area contributed by atoms with E-state index in [1.807, 2.05) is 12.1 Å². The summed E-state index contributed by atoms with van der Waals surface area (Å²) in [6, 6.07) is 10.0. The summed E-state index contributed by atoms with van der Waals surface area (Å²) in [6.07, 6.45) is 5.00. The Morgan fingerprint density at radius 2 is 1.91 bits per heavy atom. The number of carbonyl (C=O) groups is 3. The highest BCUT2D eigenvalue weighted by molar-refractivity contribution is 6.05. The highest BCUT2D eigenvalue weighted by atomic mass is 16.2. The van der Waals surface area contributed by atoms with Crippen LogP contribution in [-0.2, 0) is 34.8 Å². The molecule has 0 saturated carbocycles.